The third-order valence-electron chi connectivity index (χ3n) is 5.11. The average molecular weight is 317 g/mol. The predicted molar refractivity (Wildman–Crippen MR) is 88.2 cm³/mol. The van der Waals surface area contributed by atoms with Crippen LogP contribution in [0.3, 0.4) is 0 Å². The molecule has 1 aromatic heterocycles. The second-order valence-corrected chi connectivity index (χ2v) is 7.05. The van der Waals surface area contributed by atoms with Crippen molar-refractivity contribution in [3.8, 4) is 0 Å². The topological polar surface area (TPSA) is 55.3 Å². The monoisotopic (exact) mass is 317 g/mol. The normalized spacial score (nSPS) is 27.8. The first-order valence-electron chi connectivity index (χ1n) is 8.84. The largest absolute Gasteiger partial charge is 0.376 e. The molecule has 1 amide bonds. The van der Waals surface area contributed by atoms with Gasteiger partial charge < -0.3 is 9.64 Å². The number of carbonyl (C=O) groups excluding carboxylic acids is 1. The molecule has 1 aliphatic carbocycles. The molecule has 1 aromatic rings. The summed E-state index contributed by atoms with van der Waals surface area (Å²) >= 11 is 0. The molecular weight excluding hydrogens is 290 g/mol. The van der Waals surface area contributed by atoms with Crippen molar-refractivity contribution < 1.29 is 9.53 Å². The Hall–Kier alpha value is -1.49. The second-order valence-electron chi connectivity index (χ2n) is 7.05. The first-order chi connectivity index (χ1) is 11.1. The van der Waals surface area contributed by atoms with Gasteiger partial charge in [-0.25, -0.2) is 4.98 Å². The molecule has 3 rings (SSSR count). The Bertz CT molecular complexity index is 518. The summed E-state index contributed by atoms with van der Waals surface area (Å²) in [4.78, 5) is 23.5. The van der Waals surface area contributed by atoms with Gasteiger partial charge >= 0.3 is 0 Å². The quantitative estimate of drug-likeness (QED) is 0.856. The molecular formula is C18H27N3O2. The Balaban J connectivity index is 1.75. The van der Waals surface area contributed by atoms with Gasteiger partial charge in [-0.2, -0.15) is 0 Å². The average Bonchev–Trinajstić information content (AvgIpc) is 3.07. The van der Waals surface area contributed by atoms with Crippen molar-refractivity contribution in [1.29, 1.82) is 0 Å². The van der Waals surface area contributed by atoms with Crippen LogP contribution in [0.25, 0.3) is 0 Å². The van der Waals surface area contributed by atoms with Crippen LogP contribution in [0.15, 0.2) is 12.4 Å². The summed E-state index contributed by atoms with van der Waals surface area (Å²) in [6.07, 6.45) is 10.1. The van der Waals surface area contributed by atoms with Crippen molar-refractivity contribution in [2.24, 2.45) is 5.92 Å². The van der Waals surface area contributed by atoms with Gasteiger partial charge in [-0.1, -0.05) is 6.92 Å². The van der Waals surface area contributed by atoms with Crippen LogP contribution in [-0.2, 0) is 4.74 Å². The molecule has 0 radical (unpaired) electrons. The zero-order chi connectivity index (χ0) is 16.2. The Morgan fingerprint density at radius 1 is 1.22 bits per heavy atom. The number of ether oxygens (including phenoxy) is 1. The highest BCUT2D eigenvalue weighted by Gasteiger charge is 2.31. The van der Waals surface area contributed by atoms with E-state index in [2.05, 4.69) is 16.9 Å². The first-order valence-corrected chi connectivity index (χ1v) is 8.84. The van der Waals surface area contributed by atoms with Crippen molar-refractivity contribution in [2.75, 3.05) is 13.2 Å². The molecule has 1 saturated heterocycles. The predicted octanol–water partition coefficient (Wildman–Crippen LogP) is 2.98. The SMILES string of the molecule is Cc1cnc(C(=O)N(CC2CCCO2)C2CCC(C)CC2)cn1. The van der Waals surface area contributed by atoms with Gasteiger partial charge in [0.2, 0.25) is 0 Å². The number of hydrogen-bond donors (Lipinski definition) is 0. The minimum atomic E-state index is 0.00699. The van der Waals surface area contributed by atoms with Gasteiger partial charge in [0, 0.05) is 25.4 Å². The summed E-state index contributed by atoms with van der Waals surface area (Å²) in [5.41, 5.74) is 1.28. The fourth-order valence-corrected chi connectivity index (χ4v) is 3.61. The molecule has 126 valence electrons. The lowest BCUT2D eigenvalue weighted by Crippen LogP contribution is -2.46. The minimum absolute atomic E-state index is 0.00699. The van der Waals surface area contributed by atoms with Crippen LogP contribution in [0.4, 0.5) is 0 Å². The Morgan fingerprint density at radius 2 is 2.00 bits per heavy atom. The van der Waals surface area contributed by atoms with Gasteiger partial charge in [-0.05, 0) is 51.4 Å². The summed E-state index contributed by atoms with van der Waals surface area (Å²) < 4.78 is 5.77. The van der Waals surface area contributed by atoms with E-state index in [9.17, 15) is 4.79 Å². The highest BCUT2D eigenvalue weighted by Crippen LogP contribution is 2.29. The lowest BCUT2D eigenvalue weighted by Gasteiger charge is -2.37. The van der Waals surface area contributed by atoms with Crippen LogP contribution in [0.5, 0.6) is 0 Å². The molecule has 0 aromatic carbocycles. The van der Waals surface area contributed by atoms with Gasteiger partial charge in [0.25, 0.3) is 5.91 Å². The smallest absolute Gasteiger partial charge is 0.274 e. The molecule has 0 bridgehead atoms. The van der Waals surface area contributed by atoms with Gasteiger partial charge in [-0.15, -0.1) is 0 Å². The van der Waals surface area contributed by atoms with Gasteiger partial charge in [0.05, 0.1) is 18.0 Å². The van der Waals surface area contributed by atoms with Gasteiger partial charge in [0.15, 0.2) is 0 Å². The van der Waals surface area contributed by atoms with E-state index >= 15 is 0 Å². The van der Waals surface area contributed by atoms with E-state index in [0.29, 0.717) is 18.3 Å². The zero-order valence-electron chi connectivity index (χ0n) is 14.2. The summed E-state index contributed by atoms with van der Waals surface area (Å²) in [6.45, 7) is 5.69. The fraction of sp³-hybridized carbons (Fsp3) is 0.722. The standard InChI is InChI=1S/C18H27N3O2/c1-13-5-7-15(8-6-13)21(12-16-4-3-9-23-16)18(22)17-11-19-14(2)10-20-17/h10-11,13,15-16H,3-9,12H2,1-2H3. The van der Waals surface area contributed by atoms with Crippen LogP contribution in [-0.4, -0.2) is 46.1 Å². The van der Waals surface area contributed by atoms with Crippen molar-refractivity contribution in [1.82, 2.24) is 14.9 Å². The van der Waals surface area contributed by atoms with Crippen molar-refractivity contribution >= 4 is 5.91 Å². The lowest BCUT2D eigenvalue weighted by molar-refractivity contribution is 0.0337. The van der Waals surface area contributed by atoms with E-state index < -0.39 is 0 Å². The van der Waals surface area contributed by atoms with Gasteiger partial charge in [-0.3, -0.25) is 9.78 Å². The third kappa shape index (κ3) is 4.08. The molecule has 1 saturated carbocycles. The lowest BCUT2D eigenvalue weighted by atomic mass is 9.86. The fourth-order valence-electron chi connectivity index (χ4n) is 3.61. The van der Waals surface area contributed by atoms with E-state index in [-0.39, 0.29) is 12.0 Å². The molecule has 5 nitrogen and oxygen atoms in total. The highest BCUT2D eigenvalue weighted by atomic mass is 16.5. The number of nitrogens with zero attached hydrogens (tertiary/aromatic N) is 3. The molecule has 1 unspecified atom stereocenters. The molecule has 23 heavy (non-hydrogen) atoms. The van der Waals surface area contributed by atoms with Crippen LogP contribution in [0.1, 0.15) is 61.6 Å². The molecule has 2 fully saturated rings. The number of rotatable bonds is 4. The third-order valence-corrected chi connectivity index (χ3v) is 5.11. The summed E-state index contributed by atoms with van der Waals surface area (Å²) in [5, 5.41) is 0. The Labute approximate surface area is 138 Å². The molecule has 2 aliphatic rings. The van der Waals surface area contributed by atoms with Crippen LogP contribution in [0.2, 0.25) is 0 Å². The molecule has 2 heterocycles. The van der Waals surface area contributed by atoms with Crippen molar-refractivity contribution in [2.45, 2.75) is 64.5 Å². The molecule has 1 atom stereocenters. The number of amides is 1. The summed E-state index contributed by atoms with van der Waals surface area (Å²) in [5.74, 6) is 0.776. The summed E-state index contributed by atoms with van der Waals surface area (Å²) in [6, 6.07) is 0.311. The van der Waals surface area contributed by atoms with Crippen LogP contribution < -0.4 is 0 Å². The molecule has 1 aliphatic heterocycles. The molecule has 0 N–H and O–H groups in total. The number of carbonyl (C=O) groups is 1. The minimum Gasteiger partial charge on any atom is -0.376 e. The highest BCUT2D eigenvalue weighted by molar-refractivity contribution is 5.92. The molecule has 5 heteroatoms. The van der Waals surface area contributed by atoms with E-state index in [0.717, 1.165) is 43.9 Å². The van der Waals surface area contributed by atoms with E-state index in [4.69, 9.17) is 4.74 Å². The maximum Gasteiger partial charge on any atom is 0.274 e. The Morgan fingerprint density at radius 3 is 2.61 bits per heavy atom. The number of aryl methyl sites for hydroxylation is 1. The maximum atomic E-state index is 13.0. The molecule has 0 spiro atoms. The van der Waals surface area contributed by atoms with E-state index in [1.54, 1.807) is 12.4 Å². The first kappa shape index (κ1) is 16.4. The van der Waals surface area contributed by atoms with Crippen LogP contribution in [0, 0.1) is 12.8 Å². The summed E-state index contributed by atoms with van der Waals surface area (Å²) in [7, 11) is 0. The van der Waals surface area contributed by atoms with E-state index in [1.165, 1.54) is 12.8 Å². The van der Waals surface area contributed by atoms with Gasteiger partial charge in [0.1, 0.15) is 5.69 Å². The van der Waals surface area contributed by atoms with Crippen molar-refractivity contribution in [3.63, 3.8) is 0 Å². The van der Waals surface area contributed by atoms with Crippen molar-refractivity contribution in [3.05, 3.63) is 23.8 Å². The Kier molecular flexibility index (Phi) is 5.26. The zero-order valence-corrected chi connectivity index (χ0v) is 14.2. The number of aromatic nitrogens is 2. The maximum absolute atomic E-state index is 13.0. The van der Waals surface area contributed by atoms with Crippen LogP contribution >= 0.6 is 0 Å². The van der Waals surface area contributed by atoms with E-state index in [1.807, 2.05) is 11.8 Å². The number of hydrogen-bond acceptors (Lipinski definition) is 4. The second kappa shape index (κ2) is 7.39.